The molecule has 0 N–H and O–H groups in total. The first kappa shape index (κ1) is 17.6. The number of thiazole rings is 1. The SMILES string of the molecule is Br.CCCc1cc(-c2nc(-c3cccc(OC)c3)cs2)ccn1. The van der Waals surface area contributed by atoms with Crippen molar-refractivity contribution < 1.29 is 4.74 Å². The quantitative estimate of drug-likeness (QED) is 0.583. The fourth-order valence-corrected chi connectivity index (χ4v) is 3.15. The number of hydrogen-bond acceptors (Lipinski definition) is 4. The summed E-state index contributed by atoms with van der Waals surface area (Å²) in [5.41, 5.74) is 4.31. The number of nitrogens with zero attached hydrogens (tertiary/aromatic N) is 2. The molecule has 5 heteroatoms. The number of methoxy groups -OCH3 is 1. The minimum Gasteiger partial charge on any atom is -0.497 e. The van der Waals surface area contributed by atoms with Gasteiger partial charge in [-0.2, -0.15) is 0 Å². The number of hydrogen-bond donors (Lipinski definition) is 0. The summed E-state index contributed by atoms with van der Waals surface area (Å²) in [4.78, 5) is 9.17. The van der Waals surface area contributed by atoms with Crippen LogP contribution in [0.3, 0.4) is 0 Å². The predicted octanol–water partition coefficient (Wildman–Crippen LogP) is 5.41. The van der Waals surface area contributed by atoms with E-state index in [-0.39, 0.29) is 17.0 Å². The van der Waals surface area contributed by atoms with Gasteiger partial charge >= 0.3 is 0 Å². The van der Waals surface area contributed by atoms with E-state index in [0.29, 0.717) is 0 Å². The summed E-state index contributed by atoms with van der Waals surface area (Å²) < 4.78 is 5.28. The van der Waals surface area contributed by atoms with Crippen LogP contribution in [0.4, 0.5) is 0 Å². The molecule has 0 bridgehead atoms. The fourth-order valence-electron chi connectivity index (χ4n) is 2.33. The van der Waals surface area contributed by atoms with E-state index in [1.54, 1.807) is 18.4 Å². The Balaban J connectivity index is 0.00000192. The number of aromatic nitrogens is 2. The van der Waals surface area contributed by atoms with Gasteiger partial charge in [-0.3, -0.25) is 4.98 Å². The molecule has 0 amide bonds. The third kappa shape index (κ3) is 4.18. The van der Waals surface area contributed by atoms with Crippen molar-refractivity contribution in [3.63, 3.8) is 0 Å². The first-order valence-electron chi connectivity index (χ1n) is 7.35. The lowest BCUT2D eigenvalue weighted by atomic mass is 10.1. The Bertz CT molecular complexity index is 773. The van der Waals surface area contributed by atoms with Crippen molar-refractivity contribution in [1.29, 1.82) is 0 Å². The second kappa shape index (κ2) is 8.22. The molecule has 0 aliphatic heterocycles. The summed E-state index contributed by atoms with van der Waals surface area (Å²) in [6.07, 6.45) is 3.97. The topological polar surface area (TPSA) is 35.0 Å². The molecular weight excluding hydrogens is 372 g/mol. The lowest BCUT2D eigenvalue weighted by Gasteiger charge is -2.02. The van der Waals surface area contributed by atoms with Gasteiger partial charge in [0.15, 0.2) is 0 Å². The van der Waals surface area contributed by atoms with Crippen LogP contribution in [0.15, 0.2) is 48.0 Å². The second-order valence-corrected chi connectivity index (χ2v) is 5.91. The molecule has 0 unspecified atom stereocenters. The molecule has 0 aliphatic rings. The van der Waals surface area contributed by atoms with Gasteiger partial charge in [-0.25, -0.2) is 4.98 Å². The van der Waals surface area contributed by atoms with Gasteiger partial charge in [-0.05, 0) is 30.7 Å². The normalized spacial score (nSPS) is 10.2. The maximum absolute atomic E-state index is 5.28. The van der Waals surface area contributed by atoms with Gasteiger partial charge in [0.2, 0.25) is 0 Å². The van der Waals surface area contributed by atoms with Crippen LogP contribution in [0.2, 0.25) is 0 Å². The standard InChI is InChI=1S/C18H18N2OS.BrH/c1-3-5-15-10-14(8-9-19-15)18-20-17(12-22-18)13-6-4-7-16(11-13)21-2;/h4,6-12H,3,5H2,1-2H3;1H. The van der Waals surface area contributed by atoms with Crippen molar-refractivity contribution in [3.8, 4) is 27.6 Å². The summed E-state index contributed by atoms with van der Waals surface area (Å²) in [5.74, 6) is 0.848. The summed E-state index contributed by atoms with van der Waals surface area (Å²) in [6.45, 7) is 2.17. The first-order chi connectivity index (χ1) is 10.8. The largest absolute Gasteiger partial charge is 0.497 e. The smallest absolute Gasteiger partial charge is 0.124 e. The van der Waals surface area contributed by atoms with Crippen LogP contribution in [-0.4, -0.2) is 17.1 Å². The second-order valence-electron chi connectivity index (χ2n) is 5.06. The highest BCUT2D eigenvalue weighted by Crippen LogP contribution is 2.30. The molecule has 0 atom stereocenters. The lowest BCUT2D eigenvalue weighted by molar-refractivity contribution is 0.415. The molecule has 2 aromatic heterocycles. The molecule has 0 spiro atoms. The van der Waals surface area contributed by atoms with E-state index >= 15 is 0 Å². The van der Waals surface area contributed by atoms with Crippen molar-refractivity contribution in [2.45, 2.75) is 19.8 Å². The van der Waals surface area contributed by atoms with Crippen molar-refractivity contribution in [1.82, 2.24) is 9.97 Å². The molecule has 2 heterocycles. The van der Waals surface area contributed by atoms with Crippen LogP contribution in [-0.2, 0) is 6.42 Å². The van der Waals surface area contributed by atoms with E-state index < -0.39 is 0 Å². The number of halogens is 1. The summed E-state index contributed by atoms with van der Waals surface area (Å²) in [7, 11) is 1.68. The Labute approximate surface area is 151 Å². The Morgan fingerprint density at radius 2 is 2.00 bits per heavy atom. The highest BCUT2D eigenvalue weighted by Gasteiger charge is 2.08. The Morgan fingerprint density at radius 1 is 1.13 bits per heavy atom. The van der Waals surface area contributed by atoms with Gasteiger partial charge in [-0.15, -0.1) is 28.3 Å². The van der Waals surface area contributed by atoms with Gasteiger partial charge in [-0.1, -0.05) is 25.5 Å². The molecule has 0 saturated carbocycles. The van der Waals surface area contributed by atoms with E-state index in [4.69, 9.17) is 9.72 Å². The van der Waals surface area contributed by atoms with Crippen LogP contribution in [0, 0.1) is 0 Å². The summed E-state index contributed by atoms with van der Waals surface area (Å²) >= 11 is 1.66. The number of aryl methyl sites for hydroxylation is 1. The third-order valence-corrected chi connectivity index (χ3v) is 4.33. The van der Waals surface area contributed by atoms with E-state index in [2.05, 4.69) is 29.4 Å². The first-order valence-corrected chi connectivity index (χ1v) is 8.23. The maximum atomic E-state index is 5.28. The van der Waals surface area contributed by atoms with Crippen LogP contribution in [0.1, 0.15) is 19.0 Å². The van der Waals surface area contributed by atoms with E-state index in [0.717, 1.165) is 46.1 Å². The van der Waals surface area contributed by atoms with Crippen molar-refractivity contribution in [2.24, 2.45) is 0 Å². The molecule has 0 fully saturated rings. The van der Waals surface area contributed by atoms with Gasteiger partial charge in [0, 0.05) is 28.4 Å². The van der Waals surface area contributed by atoms with Crippen LogP contribution >= 0.6 is 28.3 Å². The lowest BCUT2D eigenvalue weighted by Crippen LogP contribution is -1.89. The zero-order valence-corrected chi connectivity index (χ0v) is 15.7. The Kier molecular flexibility index (Phi) is 6.30. The fraction of sp³-hybridized carbons (Fsp3) is 0.222. The molecule has 0 radical (unpaired) electrons. The highest BCUT2D eigenvalue weighted by molar-refractivity contribution is 8.93. The minimum absolute atomic E-state index is 0. The molecule has 23 heavy (non-hydrogen) atoms. The summed E-state index contributed by atoms with van der Waals surface area (Å²) in [5, 5.41) is 3.11. The van der Waals surface area contributed by atoms with Gasteiger partial charge < -0.3 is 4.74 Å². The number of benzene rings is 1. The monoisotopic (exact) mass is 390 g/mol. The van der Waals surface area contributed by atoms with Crippen LogP contribution < -0.4 is 4.74 Å². The third-order valence-electron chi connectivity index (χ3n) is 3.44. The molecule has 1 aromatic carbocycles. The molecule has 0 aliphatic carbocycles. The molecular formula is C18H19BrN2OS. The van der Waals surface area contributed by atoms with Crippen molar-refractivity contribution >= 4 is 28.3 Å². The predicted molar refractivity (Wildman–Crippen MR) is 102 cm³/mol. The molecule has 3 aromatic rings. The Hall–Kier alpha value is -1.72. The average molecular weight is 391 g/mol. The number of pyridine rings is 1. The average Bonchev–Trinajstić information content (AvgIpc) is 3.06. The zero-order chi connectivity index (χ0) is 15.4. The van der Waals surface area contributed by atoms with Gasteiger partial charge in [0.25, 0.3) is 0 Å². The van der Waals surface area contributed by atoms with Crippen LogP contribution in [0.25, 0.3) is 21.8 Å². The molecule has 3 nitrogen and oxygen atoms in total. The highest BCUT2D eigenvalue weighted by atomic mass is 79.9. The zero-order valence-electron chi connectivity index (χ0n) is 13.2. The molecule has 3 rings (SSSR count). The molecule has 120 valence electrons. The van der Waals surface area contributed by atoms with E-state index in [9.17, 15) is 0 Å². The minimum atomic E-state index is 0. The van der Waals surface area contributed by atoms with Gasteiger partial charge in [0.05, 0.1) is 12.8 Å². The van der Waals surface area contributed by atoms with E-state index in [1.807, 2.05) is 30.5 Å². The maximum Gasteiger partial charge on any atom is 0.124 e. The summed E-state index contributed by atoms with van der Waals surface area (Å²) in [6, 6.07) is 12.1. The van der Waals surface area contributed by atoms with E-state index in [1.165, 1.54) is 0 Å². The van der Waals surface area contributed by atoms with Gasteiger partial charge in [0.1, 0.15) is 10.8 Å². The van der Waals surface area contributed by atoms with Crippen LogP contribution in [0.5, 0.6) is 5.75 Å². The Morgan fingerprint density at radius 3 is 2.78 bits per heavy atom. The van der Waals surface area contributed by atoms with Crippen molar-refractivity contribution in [2.75, 3.05) is 7.11 Å². The van der Waals surface area contributed by atoms with Crippen molar-refractivity contribution in [3.05, 3.63) is 53.7 Å². The number of ether oxygens (including phenoxy) is 1. The number of rotatable bonds is 5. The molecule has 0 saturated heterocycles.